The van der Waals surface area contributed by atoms with Crippen molar-refractivity contribution in [1.82, 2.24) is 10.2 Å². The summed E-state index contributed by atoms with van der Waals surface area (Å²) in [5.74, 6) is 0.317. The highest BCUT2D eigenvalue weighted by Crippen LogP contribution is 2.50. The molecule has 96 valence electrons. The third kappa shape index (κ3) is 1.34. The molecule has 2 saturated carbocycles. The Morgan fingerprint density at radius 1 is 1.41 bits per heavy atom. The average molecular weight is 238 g/mol. The summed E-state index contributed by atoms with van der Waals surface area (Å²) < 4.78 is 5.47. The Balaban J connectivity index is 1.80. The Kier molecular flexibility index (Phi) is 2.18. The summed E-state index contributed by atoms with van der Waals surface area (Å²) in [5.41, 5.74) is -0.117. The Labute approximate surface area is 103 Å². The van der Waals surface area contributed by atoms with Gasteiger partial charge in [-0.25, -0.2) is 0 Å². The lowest BCUT2D eigenvalue weighted by atomic mass is 9.63. The molecule has 4 heteroatoms. The second-order valence-corrected chi connectivity index (χ2v) is 6.41. The van der Waals surface area contributed by atoms with Crippen LogP contribution in [0.5, 0.6) is 0 Å². The van der Waals surface area contributed by atoms with E-state index in [4.69, 9.17) is 4.74 Å². The second kappa shape index (κ2) is 3.23. The van der Waals surface area contributed by atoms with Crippen LogP contribution in [0, 0.1) is 5.41 Å². The maximum Gasteiger partial charge on any atom is 0.244 e. The van der Waals surface area contributed by atoms with Crippen LogP contribution in [0.25, 0.3) is 0 Å². The molecule has 0 aromatic heterocycles. The topological polar surface area (TPSA) is 41.6 Å². The second-order valence-electron chi connectivity index (χ2n) is 6.41. The fourth-order valence-electron chi connectivity index (χ4n) is 3.59. The van der Waals surface area contributed by atoms with E-state index in [0.29, 0.717) is 11.9 Å². The molecule has 0 aromatic rings. The third-order valence-corrected chi connectivity index (χ3v) is 5.04. The van der Waals surface area contributed by atoms with Crippen molar-refractivity contribution in [3.8, 4) is 0 Å². The van der Waals surface area contributed by atoms with Crippen molar-refractivity contribution in [1.29, 1.82) is 0 Å². The molecule has 1 heterocycles. The molecule has 0 bridgehead atoms. The largest absolute Gasteiger partial charge is 0.381 e. The Morgan fingerprint density at radius 3 is 2.47 bits per heavy atom. The van der Waals surface area contributed by atoms with Crippen LogP contribution in [0.4, 0.5) is 0 Å². The van der Waals surface area contributed by atoms with Crippen molar-refractivity contribution in [3.63, 3.8) is 0 Å². The van der Waals surface area contributed by atoms with E-state index in [9.17, 15) is 4.79 Å². The van der Waals surface area contributed by atoms with Gasteiger partial charge >= 0.3 is 0 Å². The molecule has 3 unspecified atom stereocenters. The van der Waals surface area contributed by atoms with Crippen molar-refractivity contribution >= 4 is 5.91 Å². The van der Waals surface area contributed by atoms with Gasteiger partial charge < -0.3 is 9.64 Å². The molecular formula is C13H22N2O2. The zero-order chi connectivity index (χ0) is 12.4. The number of methoxy groups -OCH3 is 1. The summed E-state index contributed by atoms with van der Waals surface area (Å²) in [6, 6.07) is 0.322. The number of hydrogen-bond donors (Lipinski definition) is 1. The highest BCUT2D eigenvalue weighted by atomic mass is 16.5. The highest BCUT2D eigenvalue weighted by molar-refractivity contribution is 5.92. The van der Waals surface area contributed by atoms with E-state index in [1.807, 2.05) is 0 Å². The van der Waals surface area contributed by atoms with E-state index < -0.39 is 0 Å². The Bertz CT molecular complexity index is 362. The average Bonchev–Trinajstić information content (AvgIpc) is 2.98. The maximum atomic E-state index is 12.4. The van der Waals surface area contributed by atoms with E-state index in [1.54, 1.807) is 7.11 Å². The minimum atomic E-state index is -0.187. The van der Waals surface area contributed by atoms with Crippen LogP contribution in [-0.4, -0.2) is 41.8 Å². The molecular weight excluding hydrogens is 216 g/mol. The summed E-state index contributed by atoms with van der Waals surface area (Å²) in [5, 5.41) is 3.46. The number of carbonyl (C=O) groups is 1. The number of nitrogens with one attached hydrogen (secondary N) is 1. The van der Waals surface area contributed by atoms with E-state index in [2.05, 4.69) is 31.0 Å². The molecule has 2 aliphatic carbocycles. The molecule has 1 spiro atoms. The van der Waals surface area contributed by atoms with Gasteiger partial charge in [0.2, 0.25) is 5.91 Å². The summed E-state index contributed by atoms with van der Waals surface area (Å²) in [4.78, 5) is 14.5. The zero-order valence-corrected chi connectivity index (χ0v) is 11.1. The Morgan fingerprint density at radius 2 is 2.06 bits per heavy atom. The van der Waals surface area contributed by atoms with Crippen LogP contribution in [0.3, 0.4) is 0 Å². The molecule has 1 aliphatic heterocycles. The van der Waals surface area contributed by atoms with Crippen molar-refractivity contribution in [2.45, 2.75) is 63.9 Å². The fourth-order valence-corrected chi connectivity index (χ4v) is 3.59. The van der Waals surface area contributed by atoms with E-state index in [0.717, 1.165) is 19.3 Å². The number of ether oxygens (including phenoxy) is 1. The van der Waals surface area contributed by atoms with Crippen LogP contribution in [0.2, 0.25) is 0 Å². The predicted octanol–water partition coefficient (Wildman–Crippen LogP) is 1.11. The number of carbonyl (C=O) groups excluding carboxylic acids is 1. The van der Waals surface area contributed by atoms with Crippen LogP contribution in [0.15, 0.2) is 0 Å². The normalized spacial score (nSPS) is 41.8. The molecule has 3 atom stereocenters. The van der Waals surface area contributed by atoms with Gasteiger partial charge in [0.25, 0.3) is 0 Å². The van der Waals surface area contributed by atoms with Crippen LogP contribution >= 0.6 is 0 Å². The highest BCUT2D eigenvalue weighted by Gasteiger charge is 2.63. The molecule has 3 fully saturated rings. The van der Waals surface area contributed by atoms with Crippen LogP contribution in [-0.2, 0) is 9.53 Å². The van der Waals surface area contributed by atoms with E-state index >= 15 is 0 Å². The van der Waals surface area contributed by atoms with Crippen molar-refractivity contribution in [2.24, 2.45) is 5.41 Å². The number of hydrogen-bond acceptors (Lipinski definition) is 3. The zero-order valence-electron chi connectivity index (χ0n) is 11.1. The minimum Gasteiger partial charge on any atom is -0.381 e. The third-order valence-electron chi connectivity index (χ3n) is 5.04. The SMILES string of the molecule is COC1CC(N2C(=O)C3(CC3)NC2C)C1(C)C. The van der Waals surface area contributed by atoms with Gasteiger partial charge in [-0.15, -0.1) is 0 Å². The van der Waals surface area contributed by atoms with E-state index in [1.165, 1.54) is 0 Å². The molecule has 1 N–H and O–H groups in total. The molecule has 4 nitrogen and oxygen atoms in total. The molecule has 17 heavy (non-hydrogen) atoms. The smallest absolute Gasteiger partial charge is 0.244 e. The first-order valence-corrected chi connectivity index (χ1v) is 6.56. The van der Waals surface area contributed by atoms with Crippen molar-refractivity contribution in [2.75, 3.05) is 7.11 Å². The first kappa shape index (κ1) is 11.5. The Hall–Kier alpha value is -0.610. The van der Waals surface area contributed by atoms with Gasteiger partial charge in [0.15, 0.2) is 0 Å². The van der Waals surface area contributed by atoms with Crippen LogP contribution < -0.4 is 5.32 Å². The van der Waals surface area contributed by atoms with Gasteiger partial charge in [-0.2, -0.15) is 0 Å². The van der Waals surface area contributed by atoms with Gasteiger partial charge in [0.1, 0.15) is 0 Å². The lowest BCUT2D eigenvalue weighted by Crippen LogP contribution is -2.64. The lowest BCUT2D eigenvalue weighted by molar-refractivity contribution is -0.161. The first-order valence-electron chi connectivity index (χ1n) is 6.56. The first-order chi connectivity index (χ1) is 7.92. The molecule has 1 saturated heterocycles. The predicted molar refractivity (Wildman–Crippen MR) is 64.4 cm³/mol. The van der Waals surface area contributed by atoms with Gasteiger partial charge in [0, 0.05) is 18.6 Å². The molecule has 3 rings (SSSR count). The fraction of sp³-hybridized carbons (Fsp3) is 0.923. The van der Waals surface area contributed by atoms with Crippen LogP contribution in [0.1, 0.15) is 40.0 Å². The summed E-state index contributed by atoms with van der Waals surface area (Å²) in [6.45, 7) is 6.50. The maximum absolute atomic E-state index is 12.4. The summed E-state index contributed by atoms with van der Waals surface area (Å²) in [7, 11) is 1.76. The molecule has 0 radical (unpaired) electrons. The number of amides is 1. The van der Waals surface area contributed by atoms with Gasteiger partial charge in [-0.3, -0.25) is 10.1 Å². The van der Waals surface area contributed by atoms with E-state index in [-0.39, 0.29) is 23.2 Å². The van der Waals surface area contributed by atoms with Crippen molar-refractivity contribution < 1.29 is 9.53 Å². The molecule has 1 amide bonds. The standard InChI is InChI=1S/C13H22N2O2/c1-8-14-13(5-6-13)11(16)15(8)9-7-10(17-4)12(9,2)3/h8-10,14H,5-7H2,1-4H3. The van der Waals surface area contributed by atoms with Gasteiger partial charge in [-0.1, -0.05) is 13.8 Å². The monoisotopic (exact) mass is 238 g/mol. The lowest BCUT2D eigenvalue weighted by Gasteiger charge is -2.55. The number of rotatable bonds is 2. The van der Waals surface area contributed by atoms with Crippen molar-refractivity contribution in [3.05, 3.63) is 0 Å². The quantitative estimate of drug-likeness (QED) is 0.783. The number of nitrogens with zero attached hydrogens (tertiary/aromatic N) is 1. The minimum absolute atomic E-state index is 0.0702. The molecule has 0 aromatic carbocycles. The van der Waals surface area contributed by atoms with Gasteiger partial charge in [0.05, 0.1) is 17.8 Å². The van der Waals surface area contributed by atoms with Gasteiger partial charge in [-0.05, 0) is 26.2 Å². The molecule has 3 aliphatic rings. The summed E-state index contributed by atoms with van der Waals surface area (Å²) >= 11 is 0. The summed E-state index contributed by atoms with van der Waals surface area (Å²) in [6.07, 6.45) is 3.44.